The van der Waals surface area contributed by atoms with Crippen molar-refractivity contribution in [3.63, 3.8) is 0 Å². The van der Waals surface area contributed by atoms with Crippen molar-refractivity contribution in [2.45, 2.75) is 25.3 Å². The van der Waals surface area contributed by atoms with E-state index in [4.69, 9.17) is 0 Å². The summed E-state index contributed by atoms with van der Waals surface area (Å²) in [6, 6.07) is 14.3. The molecule has 3 amide bonds. The van der Waals surface area contributed by atoms with E-state index in [1.165, 1.54) is 5.56 Å². The van der Waals surface area contributed by atoms with Gasteiger partial charge in [-0.3, -0.25) is 14.4 Å². The minimum Gasteiger partial charge on any atom is -0.344 e. The van der Waals surface area contributed by atoms with E-state index in [1.807, 2.05) is 24.3 Å². The quantitative estimate of drug-likeness (QED) is 0.891. The van der Waals surface area contributed by atoms with Crippen molar-refractivity contribution in [2.24, 2.45) is 0 Å². The van der Waals surface area contributed by atoms with Crippen LogP contribution in [0.2, 0.25) is 0 Å². The summed E-state index contributed by atoms with van der Waals surface area (Å²) >= 11 is 0. The van der Waals surface area contributed by atoms with Crippen LogP contribution in [-0.2, 0) is 16.0 Å². The van der Waals surface area contributed by atoms with Crippen LogP contribution in [0.1, 0.15) is 28.8 Å². The summed E-state index contributed by atoms with van der Waals surface area (Å²) in [4.78, 5) is 37.9. The van der Waals surface area contributed by atoms with E-state index in [1.54, 1.807) is 29.2 Å². The smallest absolute Gasteiger partial charge is 0.258 e. The third-order valence-corrected chi connectivity index (χ3v) is 4.84. The Balaban J connectivity index is 1.44. The van der Waals surface area contributed by atoms with Gasteiger partial charge in [0.25, 0.3) is 5.91 Å². The third kappa shape index (κ3) is 3.06. The number of anilines is 2. The van der Waals surface area contributed by atoms with E-state index >= 15 is 0 Å². The van der Waals surface area contributed by atoms with Gasteiger partial charge in [-0.1, -0.05) is 18.2 Å². The van der Waals surface area contributed by atoms with Gasteiger partial charge >= 0.3 is 0 Å². The molecule has 1 unspecified atom stereocenters. The first-order valence-corrected chi connectivity index (χ1v) is 8.72. The number of hydrogen-bond acceptors (Lipinski definition) is 3. The second kappa shape index (κ2) is 6.63. The molecule has 0 spiro atoms. The molecule has 1 fully saturated rings. The average Bonchev–Trinajstić information content (AvgIpc) is 3.28. The molecule has 1 saturated heterocycles. The van der Waals surface area contributed by atoms with Gasteiger partial charge in [0.2, 0.25) is 11.8 Å². The SMILES string of the molecule is O=C1CCC(C(=O)Nc2ccc(C(=O)N3CCc4ccccc43)cc2)N1. The van der Waals surface area contributed by atoms with Crippen molar-refractivity contribution in [2.75, 3.05) is 16.8 Å². The maximum Gasteiger partial charge on any atom is 0.258 e. The lowest BCUT2D eigenvalue weighted by Crippen LogP contribution is -2.37. The fourth-order valence-electron chi connectivity index (χ4n) is 3.44. The van der Waals surface area contributed by atoms with Gasteiger partial charge in [-0.2, -0.15) is 0 Å². The van der Waals surface area contributed by atoms with E-state index in [0.29, 0.717) is 30.6 Å². The van der Waals surface area contributed by atoms with Crippen LogP contribution in [-0.4, -0.2) is 30.3 Å². The zero-order chi connectivity index (χ0) is 18.1. The summed E-state index contributed by atoms with van der Waals surface area (Å²) in [6.45, 7) is 0.679. The summed E-state index contributed by atoms with van der Waals surface area (Å²) in [5.41, 5.74) is 3.33. The highest BCUT2D eigenvalue weighted by molar-refractivity contribution is 6.07. The number of nitrogens with one attached hydrogen (secondary N) is 2. The number of fused-ring (bicyclic) bond motifs is 1. The summed E-state index contributed by atoms with van der Waals surface area (Å²) in [7, 11) is 0. The second-order valence-corrected chi connectivity index (χ2v) is 6.56. The van der Waals surface area contributed by atoms with Crippen molar-refractivity contribution in [1.82, 2.24) is 5.32 Å². The first kappa shape index (κ1) is 16.3. The molecule has 0 saturated carbocycles. The average molecular weight is 349 g/mol. The maximum atomic E-state index is 12.8. The second-order valence-electron chi connectivity index (χ2n) is 6.56. The van der Waals surface area contributed by atoms with Crippen molar-refractivity contribution in [1.29, 1.82) is 0 Å². The lowest BCUT2D eigenvalue weighted by Gasteiger charge is -2.17. The summed E-state index contributed by atoms with van der Waals surface area (Å²) < 4.78 is 0. The number of carbonyl (C=O) groups excluding carboxylic acids is 3. The largest absolute Gasteiger partial charge is 0.344 e. The highest BCUT2D eigenvalue weighted by Crippen LogP contribution is 2.29. The Kier molecular flexibility index (Phi) is 4.16. The molecule has 2 heterocycles. The van der Waals surface area contributed by atoms with Crippen LogP contribution < -0.4 is 15.5 Å². The number of carbonyl (C=O) groups is 3. The number of hydrogen-bond donors (Lipinski definition) is 2. The van der Waals surface area contributed by atoms with E-state index in [-0.39, 0.29) is 17.7 Å². The van der Waals surface area contributed by atoms with Crippen LogP contribution in [0.15, 0.2) is 48.5 Å². The Bertz CT molecular complexity index is 876. The molecular weight excluding hydrogens is 330 g/mol. The molecule has 2 aromatic rings. The van der Waals surface area contributed by atoms with Crippen molar-refractivity contribution < 1.29 is 14.4 Å². The molecule has 0 bridgehead atoms. The van der Waals surface area contributed by atoms with E-state index in [2.05, 4.69) is 10.6 Å². The van der Waals surface area contributed by atoms with Crippen LogP contribution in [0.5, 0.6) is 0 Å². The Morgan fingerprint density at radius 3 is 2.54 bits per heavy atom. The van der Waals surface area contributed by atoms with Gasteiger partial charge in [0.05, 0.1) is 0 Å². The first-order chi connectivity index (χ1) is 12.6. The number of para-hydroxylation sites is 1. The zero-order valence-electron chi connectivity index (χ0n) is 14.2. The van der Waals surface area contributed by atoms with Crippen molar-refractivity contribution in [3.8, 4) is 0 Å². The van der Waals surface area contributed by atoms with E-state index < -0.39 is 6.04 Å². The number of nitrogens with zero attached hydrogens (tertiary/aromatic N) is 1. The molecule has 2 aliphatic rings. The van der Waals surface area contributed by atoms with Crippen LogP contribution >= 0.6 is 0 Å². The molecule has 1 atom stereocenters. The van der Waals surface area contributed by atoms with Crippen LogP contribution in [0.25, 0.3) is 0 Å². The predicted molar refractivity (Wildman–Crippen MR) is 98.1 cm³/mol. The fourth-order valence-corrected chi connectivity index (χ4v) is 3.44. The topological polar surface area (TPSA) is 78.5 Å². The molecule has 26 heavy (non-hydrogen) atoms. The van der Waals surface area contributed by atoms with E-state index in [9.17, 15) is 14.4 Å². The van der Waals surface area contributed by atoms with Gasteiger partial charge in [-0.25, -0.2) is 0 Å². The normalized spacial score (nSPS) is 18.4. The van der Waals surface area contributed by atoms with Gasteiger partial charge < -0.3 is 15.5 Å². The maximum absolute atomic E-state index is 12.8. The predicted octanol–water partition coefficient (Wildman–Crippen LogP) is 2.11. The summed E-state index contributed by atoms with van der Waals surface area (Å²) in [5, 5.41) is 5.42. The van der Waals surface area contributed by atoms with Gasteiger partial charge in [-0.15, -0.1) is 0 Å². The fraction of sp³-hybridized carbons (Fsp3) is 0.250. The Hall–Kier alpha value is -3.15. The molecule has 2 aliphatic heterocycles. The minimum atomic E-state index is -0.482. The highest BCUT2D eigenvalue weighted by Gasteiger charge is 2.27. The number of benzene rings is 2. The lowest BCUT2D eigenvalue weighted by atomic mass is 10.1. The molecule has 0 radical (unpaired) electrons. The molecule has 4 rings (SSSR count). The van der Waals surface area contributed by atoms with Crippen molar-refractivity contribution >= 4 is 29.1 Å². The molecule has 6 nitrogen and oxygen atoms in total. The molecule has 0 aromatic heterocycles. The Morgan fingerprint density at radius 1 is 1.04 bits per heavy atom. The van der Waals surface area contributed by atoms with Gasteiger partial charge in [0, 0.05) is 29.9 Å². The number of rotatable bonds is 3. The summed E-state index contributed by atoms with van der Waals surface area (Å²) in [6.07, 6.45) is 1.75. The third-order valence-electron chi connectivity index (χ3n) is 4.84. The van der Waals surface area contributed by atoms with E-state index in [0.717, 1.165) is 12.1 Å². The zero-order valence-corrected chi connectivity index (χ0v) is 14.2. The molecule has 2 N–H and O–H groups in total. The van der Waals surface area contributed by atoms with Crippen LogP contribution in [0, 0.1) is 0 Å². The minimum absolute atomic E-state index is 0.0455. The molecule has 2 aromatic carbocycles. The van der Waals surface area contributed by atoms with Crippen molar-refractivity contribution in [3.05, 3.63) is 59.7 Å². The first-order valence-electron chi connectivity index (χ1n) is 8.72. The van der Waals surface area contributed by atoms with Gasteiger partial charge in [-0.05, 0) is 48.7 Å². The number of amides is 3. The Labute approximate surface area is 151 Å². The highest BCUT2D eigenvalue weighted by atomic mass is 16.2. The lowest BCUT2D eigenvalue weighted by molar-refractivity contribution is -0.122. The standard InChI is InChI=1S/C20H19N3O3/c24-18-10-9-16(22-18)19(25)21-15-7-5-14(6-8-15)20(26)23-12-11-13-3-1-2-4-17(13)23/h1-8,16H,9-12H2,(H,21,25)(H,22,24). The Morgan fingerprint density at radius 2 is 1.81 bits per heavy atom. The molecule has 132 valence electrons. The summed E-state index contributed by atoms with van der Waals surface area (Å²) in [5.74, 6) is -0.378. The molecular formula is C20H19N3O3. The van der Waals surface area contributed by atoms with Crippen LogP contribution in [0.4, 0.5) is 11.4 Å². The monoisotopic (exact) mass is 349 g/mol. The van der Waals surface area contributed by atoms with Gasteiger partial charge in [0.1, 0.15) is 6.04 Å². The van der Waals surface area contributed by atoms with Gasteiger partial charge in [0.15, 0.2) is 0 Å². The molecule has 6 heteroatoms. The van der Waals surface area contributed by atoms with Crippen LogP contribution in [0.3, 0.4) is 0 Å². The molecule has 0 aliphatic carbocycles.